The zero-order valence-electron chi connectivity index (χ0n) is 12.6. The lowest BCUT2D eigenvalue weighted by atomic mass is 9.99. The van der Waals surface area contributed by atoms with Crippen LogP contribution in [0.1, 0.15) is 18.9 Å². The van der Waals surface area contributed by atoms with Gasteiger partial charge in [-0.25, -0.2) is 0 Å². The molecule has 0 N–H and O–H groups in total. The van der Waals surface area contributed by atoms with Crippen LogP contribution in [0.4, 0.5) is 5.69 Å². The van der Waals surface area contributed by atoms with Crippen molar-refractivity contribution in [3.63, 3.8) is 0 Å². The van der Waals surface area contributed by atoms with Crippen LogP contribution in [-0.4, -0.2) is 37.2 Å². The molecule has 1 aromatic heterocycles. The van der Waals surface area contributed by atoms with E-state index >= 15 is 0 Å². The molecule has 7 heteroatoms. The van der Waals surface area contributed by atoms with E-state index in [0.29, 0.717) is 24.1 Å². The van der Waals surface area contributed by atoms with Crippen molar-refractivity contribution in [1.29, 1.82) is 0 Å². The fourth-order valence-electron chi connectivity index (χ4n) is 3.15. The molecule has 2 heterocycles. The van der Waals surface area contributed by atoms with Crippen molar-refractivity contribution >= 4 is 24.1 Å². The van der Waals surface area contributed by atoms with Crippen LogP contribution in [0.15, 0.2) is 40.4 Å². The molecule has 0 aliphatic carbocycles. The van der Waals surface area contributed by atoms with Crippen LogP contribution in [0.2, 0.25) is 0 Å². The number of fused-ring (bicyclic) bond motifs is 1. The lowest BCUT2D eigenvalue weighted by molar-refractivity contribution is 0.246. The molecule has 0 saturated carbocycles. The summed E-state index contributed by atoms with van der Waals surface area (Å²) in [7, 11) is 2.33. The molecular formula is C15H18BN3O3. The van der Waals surface area contributed by atoms with Crippen LogP contribution >= 0.6 is 0 Å². The number of hydrogen-bond acceptors (Lipinski definition) is 5. The van der Waals surface area contributed by atoms with Crippen LogP contribution in [0.3, 0.4) is 0 Å². The van der Waals surface area contributed by atoms with Gasteiger partial charge in [-0.2, -0.15) is 0 Å². The average Bonchev–Trinajstić information content (AvgIpc) is 2.56. The summed E-state index contributed by atoms with van der Waals surface area (Å²) >= 11 is 0. The highest BCUT2D eigenvalue weighted by molar-refractivity contribution is 6.23. The standard InChI is InChI=1S/C15H18BN3O3/c1-22-16-18-8-5-11(6-9-18)19-10-7-12-13(15(19)20)3-2-4-14(12)17-21/h2-4,7,10-11,16H,5-6,8-9H2,1H3. The number of nitrogens with zero attached hydrogens (tertiary/aromatic N) is 3. The Morgan fingerprint density at radius 2 is 2.00 bits per heavy atom. The molecular weight excluding hydrogens is 281 g/mol. The third-order valence-electron chi connectivity index (χ3n) is 4.31. The Morgan fingerprint density at radius 1 is 1.23 bits per heavy atom. The number of nitroso groups, excluding NO2 is 1. The first-order valence-corrected chi connectivity index (χ1v) is 7.43. The third kappa shape index (κ3) is 2.69. The minimum Gasteiger partial charge on any atom is -0.427 e. The Labute approximate surface area is 129 Å². The van der Waals surface area contributed by atoms with Crippen LogP contribution in [0.5, 0.6) is 0 Å². The van der Waals surface area contributed by atoms with Crippen LogP contribution in [0.25, 0.3) is 10.8 Å². The first-order valence-electron chi connectivity index (χ1n) is 7.43. The molecule has 0 atom stereocenters. The van der Waals surface area contributed by atoms with E-state index in [1.54, 1.807) is 36.1 Å². The van der Waals surface area contributed by atoms with Gasteiger partial charge in [-0.3, -0.25) is 4.79 Å². The topological polar surface area (TPSA) is 63.9 Å². The lowest BCUT2D eigenvalue weighted by Crippen LogP contribution is -2.39. The Bertz CT molecular complexity index is 738. The molecule has 1 aliphatic rings. The highest BCUT2D eigenvalue weighted by Crippen LogP contribution is 2.26. The number of hydrogen-bond donors (Lipinski definition) is 0. The van der Waals surface area contributed by atoms with Gasteiger partial charge in [0.15, 0.2) is 0 Å². The van der Waals surface area contributed by atoms with Gasteiger partial charge in [-0.05, 0) is 49.3 Å². The number of piperidine rings is 1. The molecule has 3 rings (SSSR count). The summed E-state index contributed by atoms with van der Waals surface area (Å²) in [6.07, 6.45) is 3.62. The molecule has 114 valence electrons. The van der Waals surface area contributed by atoms with Crippen molar-refractivity contribution in [3.05, 3.63) is 45.7 Å². The van der Waals surface area contributed by atoms with E-state index in [2.05, 4.69) is 9.99 Å². The summed E-state index contributed by atoms with van der Waals surface area (Å²) in [5.74, 6) is 0. The molecule has 2 aromatic rings. The van der Waals surface area contributed by atoms with Gasteiger partial charge in [0.2, 0.25) is 0 Å². The zero-order chi connectivity index (χ0) is 15.5. The van der Waals surface area contributed by atoms with Crippen molar-refractivity contribution in [2.45, 2.75) is 18.9 Å². The molecule has 0 spiro atoms. The number of pyridine rings is 1. The van der Waals surface area contributed by atoms with E-state index in [-0.39, 0.29) is 11.6 Å². The number of benzene rings is 1. The summed E-state index contributed by atoms with van der Waals surface area (Å²) in [5, 5.41) is 4.17. The molecule has 0 radical (unpaired) electrons. The lowest BCUT2D eigenvalue weighted by Gasteiger charge is -2.32. The molecule has 1 aliphatic heterocycles. The summed E-state index contributed by atoms with van der Waals surface area (Å²) in [4.78, 5) is 25.8. The van der Waals surface area contributed by atoms with Gasteiger partial charge in [0, 0.05) is 30.1 Å². The van der Waals surface area contributed by atoms with Crippen LogP contribution in [-0.2, 0) is 4.65 Å². The molecule has 22 heavy (non-hydrogen) atoms. The molecule has 6 nitrogen and oxygen atoms in total. The van der Waals surface area contributed by atoms with Crippen molar-refractivity contribution in [1.82, 2.24) is 9.38 Å². The van der Waals surface area contributed by atoms with Crippen molar-refractivity contribution in [2.75, 3.05) is 20.2 Å². The van der Waals surface area contributed by atoms with E-state index in [1.165, 1.54) is 0 Å². The van der Waals surface area contributed by atoms with Gasteiger partial charge in [0.05, 0.1) is 0 Å². The van der Waals surface area contributed by atoms with Gasteiger partial charge in [0.25, 0.3) is 5.56 Å². The maximum Gasteiger partial charge on any atom is 0.363 e. The van der Waals surface area contributed by atoms with E-state index < -0.39 is 0 Å². The number of aromatic nitrogens is 1. The summed E-state index contributed by atoms with van der Waals surface area (Å²) in [6.45, 7) is 1.83. The van der Waals surface area contributed by atoms with E-state index in [0.717, 1.165) is 25.9 Å². The van der Waals surface area contributed by atoms with Crippen molar-refractivity contribution in [2.24, 2.45) is 5.18 Å². The molecule has 1 aromatic carbocycles. The molecule has 0 amide bonds. The minimum atomic E-state index is -0.0480. The Hall–Kier alpha value is -1.99. The van der Waals surface area contributed by atoms with E-state index in [1.807, 2.05) is 6.07 Å². The van der Waals surface area contributed by atoms with Gasteiger partial charge >= 0.3 is 7.62 Å². The Morgan fingerprint density at radius 3 is 2.68 bits per heavy atom. The molecule has 1 saturated heterocycles. The predicted molar refractivity (Wildman–Crippen MR) is 87.7 cm³/mol. The van der Waals surface area contributed by atoms with Crippen LogP contribution in [0, 0.1) is 4.91 Å². The maximum atomic E-state index is 12.7. The molecule has 1 fully saturated rings. The quantitative estimate of drug-likeness (QED) is 0.639. The largest absolute Gasteiger partial charge is 0.427 e. The second kappa shape index (κ2) is 6.42. The van der Waals surface area contributed by atoms with Gasteiger partial charge in [-0.15, -0.1) is 4.91 Å². The monoisotopic (exact) mass is 299 g/mol. The van der Waals surface area contributed by atoms with Gasteiger partial charge < -0.3 is 14.0 Å². The SMILES string of the molecule is COBN1CCC(n2ccc3c(N=O)cccc3c2=O)CC1. The highest BCUT2D eigenvalue weighted by atomic mass is 16.4. The fourth-order valence-corrected chi connectivity index (χ4v) is 3.15. The fraction of sp³-hybridized carbons (Fsp3) is 0.400. The van der Waals surface area contributed by atoms with Crippen molar-refractivity contribution < 1.29 is 4.65 Å². The normalized spacial score (nSPS) is 16.8. The molecule has 0 unspecified atom stereocenters. The summed E-state index contributed by atoms with van der Waals surface area (Å²) in [5.41, 5.74) is 0.268. The van der Waals surface area contributed by atoms with Crippen LogP contribution < -0.4 is 5.56 Å². The Balaban J connectivity index is 1.91. The van der Waals surface area contributed by atoms with Crippen molar-refractivity contribution in [3.8, 4) is 0 Å². The maximum absolute atomic E-state index is 12.7. The number of rotatable bonds is 4. The smallest absolute Gasteiger partial charge is 0.363 e. The summed E-state index contributed by atoms with van der Waals surface area (Å²) < 4.78 is 6.94. The predicted octanol–water partition coefficient (Wildman–Crippen LogP) is 1.95. The first-order chi connectivity index (χ1) is 10.7. The van der Waals surface area contributed by atoms with E-state index in [4.69, 9.17) is 4.65 Å². The molecule has 0 bridgehead atoms. The zero-order valence-corrected chi connectivity index (χ0v) is 12.6. The Kier molecular flexibility index (Phi) is 4.35. The second-order valence-corrected chi connectivity index (χ2v) is 5.62. The highest BCUT2D eigenvalue weighted by Gasteiger charge is 2.22. The van der Waals surface area contributed by atoms with Gasteiger partial charge in [0.1, 0.15) is 5.69 Å². The second-order valence-electron chi connectivity index (χ2n) is 5.62. The first kappa shape index (κ1) is 14.9. The third-order valence-corrected chi connectivity index (χ3v) is 4.31. The van der Waals surface area contributed by atoms with Gasteiger partial charge in [-0.1, -0.05) is 6.07 Å². The average molecular weight is 299 g/mol. The minimum absolute atomic E-state index is 0.0480. The van der Waals surface area contributed by atoms with E-state index in [9.17, 15) is 9.70 Å². The summed E-state index contributed by atoms with van der Waals surface area (Å²) in [6, 6.07) is 7.09.